The molecule has 0 bridgehead atoms. The molecule has 18 heavy (non-hydrogen) atoms. The lowest BCUT2D eigenvalue weighted by molar-refractivity contribution is 0.770. The number of aryl methyl sites for hydroxylation is 1. The lowest BCUT2D eigenvalue weighted by Crippen LogP contribution is -2.12. The van der Waals surface area contributed by atoms with Crippen molar-refractivity contribution in [1.82, 2.24) is 15.0 Å². The van der Waals surface area contributed by atoms with Gasteiger partial charge in [-0.15, -0.1) is 5.10 Å². The van der Waals surface area contributed by atoms with Gasteiger partial charge in [-0.05, 0) is 24.6 Å². The molecule has 2 aromatic rings. The Morgan fingerprint density at radius 2 is 2.06 bits per heavy atom. The first-order chi connectivity index (χ1) is 8.43. The first-order valence-electron chi connectivity index (χ1n) is 4.93. The Labute approximate surface area is 119 Å². The Hall–Kier alpha value is -1.28. The second-order valence-corrected chi connectivity index (χ2v) is 5.93. The average Bonchev–Trinajstić information content (AvgIpc) is 2.72. The van der Waals surface area contributed by atoms with Crippen molar-refractivity contribution in [2.24, 2.45) is 0 Å². The monoisotopic (exact) mass is 300 g/mol. The molecule has 1 aromatic carbocycles. The highest BCUT2D eigenvalue weighted by Crippen LogP contribution is 2.40. The SMILES string of the molecule is Cc1cccc(-n2nnc(C#N)c2C(Cl)(Cl)Cl)c1. The van der Waals surface area contributed by atoms with Gasteiger partial charge in [0.05, 0.1) is 5.69 Å². The zero-order valence-corrected chi connectivity index (χ0v) is 11.5. The van der Waals surface area contributed by atoms with Gasteiger partial charge in [0, 0.05) is 0 Å². The standard InChI is InChI=1S/C11H7Cl3N4/c1-7-3-2-4-8(5-7)18-10(11(12,13)14)9(6-15)16-17-18/h2-5H,1H3. The summed E-state index contributed by atoms with van der Waals surface area (Å²) in [7, 11) is 0. The van der Waals surface area contributed by atoms with E-state index in [0.29, 0.717) is 5.69 Å². The molecule has 0 saturated heterocycles. The molecule has 7 heteroatoms. The molecule has 0 aliphatic heterocycles. The summed E-state index contributed by atoms with van der Waals surface area (Å²) in [5, 5.41) is 16.5. The van der Waals surface area contributed by atoms with Crippen LogP contribution in [0.5, 0.6) is 0 Å². The van der Waals surface area contributed by atoms with E-state index in [-0.39, 0.29) is 11.4 Å². The third kappa shape index (κ3) is 2.44. The fraction of sp³-hybridized carbons (Fsp3) is 0.182. The van der Waals surface area contributed by atoms with Gasteiger partial charge < -0.3 is 0 Å². The Kier molecular flexibility index (Phi) is 3.49. The molecular formula is C11H7Cl3N4. The Bertz CT molecular complexity index is 622. The van der Waals surface area contributed by atoms with Crippen LogP contribution in [0.1, 0.15) is 17.0 Å². The first kappa shape index (κ1) is 13.2. The molecule has 0 spiro atoms. The van der Waals surface area contributed by atoms with Crippen molar-refractivity contribution < 1.29 is 0 Å². The summed E-state index contributed by atoms with van der Waals surface area (Å²) in [6.07, 6.45) is 0. The lowest BCUT2D eigenvalue weighted by Gasteiger charge is -2.13. The zero-order chi connectivity index (χ0) is 13.3. The summed E-state index contributed by atoms with van der Waals surface area (Å²) in [6, 6.07) is 9.29. The second-order valence-electron chi connectivity index (χ2n) is 3.65. The van der Waals surface area contributed by atoms with Crippen molar-refractivity contribution in [3.8, 4) is 11.8 Å². The summed E-state index contributed by atoms with van der Waals surface area (Å²) in [5.41, 5.74) is 1.85. The maximum Gasteiger partial charge on any atom is 0.235 e. The van der Waals surface area contributed by atoms with Crippen LogP contribution < -0.4 is 0 Å². The van der Waals surface area contributed by atoms with E-state index >= 15 is 0 Å². The van der Waals surface area contributed by atoms with Crippen LogP contribution in [0, 0.1) is 18.3 Å². The Morgan fingerprint density at radius 1 is 1.33 bits per heavy atom. The van der Waals surface area contributed by atoms with Crippen LogP contribution in [-0.4, -0.2) is 15.0 Å². The number of nitriles is 1. The van der Waals surface area contributed by atoms with Crippen molar-refractivity contribution in [1.29, 1.82) is 5.26 Å². The molecule has 0 unspecified atom stereocenters. The minimum atomic E-state index is -1.77. The van der Waals surface area contributed by atoms with E-state index in [4.69, 9.17) is 40.1 Å². The highest BCUT2D eigenvalue weighted by atomic mass is 35.6. The molecule has 4 nitrogen and oxygen atoms in total. The van der Waals surface area contributed by atoms with Gasteiger partial charge in [0.2, 0.25) is 3.79 Å². The molecule has 0 N–H and O–H groups in total. The number of nitrogens with zero attached hydrogens (tertiary/aromatic N) is 4. The second kappa shape index (κ2) is 4.77. The third-order valence-electron chi connectivity index (χ3n) is 2.29. The number of rotatable bonds is 1. The number of benzene rings is 1. The van der Waals surface area contributed by atoms with Crippen molar-refractivity contribution in [3.63, 3.8) is 0 Å². The van der Waals surface area contributed by atoms with E-state index < -0.39 is 3.79 Å². The molecule has 1 heterocycles. The molecule has 0 aliphatic carbocycles. The highest BCUT2D eigenvalue weighted by molar-refractivity contribution is 6.66. The number of hydrogen-bond donors (Lipinski definition) is 0. The van der Waals surface area contributed by atoms with Gasteiger partial charge in [-0.3, -0.25) is 0 Å². The minimum absolute atomic E-state index is 0.00324. The van der Waals surface area contributed by atoms with Crippen LogP contribution in [-0.2, 0) is 3.79 Å². The van der Waals surface area contributed by atoms with Crippen LogP contribution in [0.25, 0.3) is 5.69 Å². The minimum Gasteiger partial charge on any atom is -0.212 e. The molecule has 92 valence electrons. The highest BCUT2D eigenvalue weighted by Gasteiger charge is 2.33. The van der Waals surface area contributed by atoms with E-state index in [1.807, 2.05) is 31.2 Å². The van der Waals surface area contributed by atoms with E-state index in [2.05, 4.69) is 10.3 Å². The van der Waals surface area contributed by atoms with Crippen molar-refractivity contribution in [2.45, 2.75) is 10.7 Å². The Balaban J connectivity index is 2.67. The first-order valence-corrected chi connectivity index (χ1v) is 6.07. The van der Waals surface area contributed by atoms with Gasteiger partial charge in [0.25, 0.3) is 0 Å². The molecule has 0 radical (unpaired) electrons. The number of aromatic nitrogens is 3. The molecule has 0 atom stereocenters. The molecule has 0 saturated carbocycles. The van der Waals surface area contributed by atoms with Gasteiger partial charge in [-0.25, -0.2) is 4.68 Å². The molecular weight excluding hydrogens is 295 g/mol. The van der Waals surface area contributed by atoms with Crippen molar-refractivity contribution >= 4 is 34.8 Å². The predicted molar refractivity (Wildman–Crippen MR) is 70.0 cm³/mol. The van der Waals surface area contributed by atoms with Crippen LogP contribution in [0.2, 0.25) is 0 Å². The van der Waals surface area contributed by atoms with Gasteiger partial charge >= 0.3 is 0 Å². The fourth-order valence-corrected chi connectivity index (χ4v) is 2.06. The molecule has 2 rings (SSSR count). The summed E-state index contributed by atoms with van der Waals surface area (Å²) in [6.45, 7) is 1.93. The van der Waals surface area contributed by atoms with E-state index in [1.165, 1.54) is 4.68 Å². The smallest absolute Gasteiger partial charge is 0.212 e. The molecule has 0 fully saturated rings. The fourth-order valence-electron chi connectivity index (χ4n) is 1.55. The van der Waals surface area contributed by atoms with E-state index in [1.54, 1.807) is 6.07 Å². The maximum atomic E-state index is 8.95. The molecule has 1 aromatic heterocycles. The predicted octanol–water partition coefficient (Wildman–Crippen LogP) is 3.27. The van der Waals surface area contributed by atoms with Crippen molar-refractivity contribution in [2.75, 3.05) is 0 Å². The number of hydrogen-bond acceptors (Lipinski definition) is 3. The van der Waals surface area contributed by atoms with E-state index in [9.17, 15) is 0 Å². The van der Waals surface area contributed by atoms with Crippen LogP contribution in [0.15, 0.2) is 24.3 Å². The summed E-state index contributed by atoms with van der Waals surface area (Å²) >= 11 is 17.6. The van der Waals surface area contributed by atoms with Gasteiger partial charge in [0.1, 0.15) is 11.8 Å². The molecule has 0 aliphatic rings. The Morgan fingerprint density at radius 3 is 2.61 bits per heavy atom. The van der Waals surface area contributed by atoms with Crippen LogP contribution in [0.4, 0.5) is 0 Å². The van der Waals surface area contributed by atoms with Gasteiger partial charge in [-0.2, -0.15) is 5.26 Å². The topological polar surface area (TPSA) is 54.5 Å². The summed E-state index contributed by atoms with van der Waals surface area (Å²) < 4.78 is -0.406. The summed E-state index contributed by atoms with van der Waals surface area (Å²) in [4.78, 5) is 0. The summed E-state index contributed by atoms with van der Waals surface area (Å²) in [5.74, 6) is 0. The number of alkyl halides is 3. The largest absolute Gasteiger partial charge is 0.235 e. The lowest BCUT2D eigenvalue weighted by atomic mass is 10.2. The maximum absolute atomic E-state index is 8.95. The molecule has 0 amide bonds. The van der Waals surface area contributed by atoms with E-state index in [0.717, 1.165) is 5.56 Å². The number of halogens is 3. The van der Waals surface area contributed by atoms with Gasteiger partial charge in [0.15, 0.2) is 5.69 Å². The van der Waals surface area contributed by atoms with Gasteiger partial charge in [-0.1, -0.05) is 52.1 Å². The van der Waals surface area contributed by atoms with Crippen LogP contribution >= 0.6 is 34.8 Å². The zero-order valence-electron chi connectivity index (χ0n) is 9.23. The van der Waals surface area contributed by atoms with Crippen molar-refractivity contribution in [3.05, 3.63) is 41.2 Å². The normalized spacial score (nSPS) is 11.3. The quantitative estimate of drug-likeness (QED) is 0.760. The van der Waals surface area contributed by atoms with Crippen LogP contribution in [0.3, 0.4) is 0 Å². The average molecular weight is 302 g/mol. The third-order valence-corrected chi connectivity index (χ3v) is 2.83.